The third-order valence-corrected chi connectivity index (χ3v) is 2.71. The van der Waals surface area contributed by atoms with Crippen LogP contribution in [0.15, 0.2) is 22.8 Å². The highest BCUT2D eigenvalue weighted by Gasteiger charge is 2.16. The molecule has 0 N–H and O–H groups in total. The van der Waals surface area contributed by atoms with Gasteiger partial charge >= 0.3 is 0 Å². The van der Waals surface area contributed by atoms with Crippen LogP contribution in [0.3, 0.4) is 0 Å². The van der Waals surface area contributed by atoms with Crippen LogP contribution in [0, 0.1) is 0 Å². The lowest BCUT2D eigenvalue weighted by Gasteiger charge is -2.14. The van der Waals surface area contributed by atoms with Crippen molar-refractivity contribution in [3.8, 4) is 0 Å². The zero-order valence-electron chi connectivity index (χ0n) is 8.61. The third-order valence-electron chi connectivity index (χ3n) is 2.71. The van der Waals surface area contributed by atoms with Crippen molar-refractivity contribution in [1.29, 1.82) is 0 Å². The lowest BCUT2D eigenvalue weighted by Crippen LogP contribution is -1.95. The van der Waals surface area contributed by atoms with Gasteiger partial charge in [-0.25, -0.2) is 0 Å². The van der Waals surface area contributed by atoms with E-state index in [9.17, 15) is 0 Å². The van der Waals surface area contributed by atoms with E-state index in [0.29, 0.717) is 0 Å². The quantitative estimate of drug-likeness (QED) is 0.502. The van der Waals surface area contributed by atoms with Crippen LogP contribution in [0.5, 0.6) is 0 Å². The Hall–Kier alpha value is -0.520. The van der Waals surface area contributed by atoms with E-state index in [1.807, 2.05) is 13.8 Å². The van der Waals surface area contributed by atoms with Crippen molar-refractivity contribution in [2.24, 2.45) is 0 Å². The molecule has 0 atom stereocenters. The van der Waals surface area contributed by atoms with Crippen LogP contribution >= 0.6 is 0 Å². The van der Waals surface area contributed by atoms with Gasteiger partial charge in [0.1, 0.15) is 0 Å². The van der Waals surface area contributed by atoms with Crippen LogP contribution in [-0.4, -0.2) is 0 Å². The molecule has 0 saturated carbocycles. The first-order valence-corrected chi connectivity index (χ1v) is 5.26. The van der Waals surface area contributed by atoms with Crippen molar-refractivity contribution in [2.45, 2.75) is 52.9 Å². The highest BCUT2D eigenvalue weighted by molar-refractivity contribution is 5.42. The smallest absolute Gasteiger partial charge is 0.0127 e. The summed E-state index contributed by atoms with van der Waals surface area (Å²) in [4.78, 5) is 0. The molecule has 68 valence electrons. The first-order valence-electron chi connectivity index (χ1n) is 5.26. The Balaban J connectivity index is 0.000000336. The van der Waals surface area contributed by atoms with Crippen molar-refractivity contribution < 1.29 is 0 Å². The third kappa shape index (κ3) is 1.80. The fourth-order valence-electron chi connectivity index (χ4n) is 2.07. The van der Waals surface area contributed by atoms with Crippen molar-refractivity contribution >= 4 is 0 Å². The Morgan fingerprint density at radius 1 is 1.08 bits per heavy atom. The number of allylic oxidation sites excluding steroid dienone is 4. The van der Waals surface area contributed by atoms with Crippen LogP contribution < -0.4 is 0 Å². The van der Waals surface area contributed by atoms with E-state index < -0.39 is 0 Å². The molecule has 0 bridgehead atoms. The summed E-state index contributed by atoms with van der Waals surface area (Å²) in [5.74, 6) is 0. The van der Waals surface area contributed by atoms with Crippen LogP contribution in [0.25, 0.3) is 0 Å². The molecule has 0 fully saturated rings. The second kappa shape index (κ2) is 4.49. The second-order valence-electron chi connectivity index (χ2n) is 3.38. The summed E-state index contributed by atoms with van der Waals surface area (Å²) < 4.78 is 0. The molecule has 0 aliphatic heterocycles. The molecule has 0 heteroatoms. The molecule has 2 aliphatic rings. The average Bonchev–Trinajstić information content (AvgIpc) is 2.53. The Bertz CT molecular complexity index is 206. The molecule has 0 nitrogen and oxygen atoms in total. The molecule has 0 spiro atoms. The van der Waals surface area contributed by atoms with E-state index in [1.165, 1.54) is 32.1 Å². The fraction of sp³-hybridized carbons (Fsp3) is 0.667. The number of rotatable bonds is 0. The molecule has 0 aromatic carbocycles. The average molecular weight is 164 g/mol. The van der Waals surface area contributed by atoms with Crippen molar-refractivity contribution in [1.82, 2.24) is 0 Å². The van der Waals surface area contributed by atoms with Gasteiger partial charge in [0.05, 0.1) is 0 Å². The monoisotopic (exact) mass is 164 g/mol. The molecule has 2 aliphatic carbocycles. The first-order chi connectivity index (χ1) is 5.88. The molecule has 0 aromatic heterocycles. The minimum Gasteiger partial charge on any atom is -0.0772 e. The molecule has 0 unspecified atom stereocenters. The maximum atomic E-state index is 2.38. The molecular formula is C12H20. The summed E-state index contributed by atoms with van der Waals surface area (Å²) in [5, 5.41) is 0. The van der Waals surface area contributed by atoms with Gasteiger partial charge < -0.3 is 0 Å². The lowest BCUT2D eigenvalue weighted by atomic mass is 9.91. The van der Waals surface area contributed by atoms with Gasteiger partial charge in [-0.15, -0.1) is 0 Å². The fourth-order valence-corrected chi connectivity index (χ4v) is 2.07. The first kappa shape index (κ1) is 9.57. The minimum absolute atomic E-state index is 1.27. The maximum Gasteiger partial charge on any atom is -0.0127 e. The molecule has 0 aromatic rings. The van der Waals surface area contributed by atoms with Gasteiger partial charge in [-0.3, -0.25) is 0 Å². The van der Waals surface area contributed by atoms with Gasteiger partial charge in [0.2, 0.25) is 0 Å². The van der Waals surface area contributed by atoms with Crippen molar-refractivity contribution in [3.63, 3.8) is 0 Å². The van der Waals surface area contributed by atoms with Crippen LogP contribution in [0.2, 0.25) is 0 Å². The lowest BCUT2D eigenvalue weighted by molar-refractivity contribution is 0.677. The number of hydrogen-bond donors (Lipinski definition) is 0. The molecule has 0 saturated heterocycles. The van der Waals surface area contributed by atoms with Crippen LogP contribution in [0.1, 0.15) is 52.9 Å². The van der Waals surface area contributed by atoms with Gasteiger partial charge in [0.15, 0.2) is 0 Å². The molecule has 0 amide bonds. The van der Waals surface area contributed by atoms with E-state index in [1.54, 1.807) is 16.7 Å². The zero-order chi connectivity index (χ0) is 8.97. The zero-order valence-corrected chi connectivity index (χ0v) is 8.61. The SMILES string of the molecule is CC.CC1=CCC2=C1CCCC2. The second-order valence-corrected chi connectivity index (χ2v) is 3.38. The Kier molecular flexibility index (Phi) is 3.58. The van der Waals surface area contributed by atoms with E-state index in [2.05, 4.69) is 13.0 Å². The van der Waals surface area contributed by atoms with Crippen molar-refractivity contribution in [3.05, 3.63) is 22.8 Å². The van der Waals surface area contributed by atoms with Gasteiger partial charge in [-0.05, 0) is 44.6 Å². The molecule has 12 heavy (non-hydrogen) atoms. The van der Waals surface area contributed by atoms with Gasteiger partial charge in [-0.1, -0.05) is 31.1 Å². The number of hydrogen-bond acceptors (Lipinski definition) is 0. The van der Waals surface area contributed by atoms with Gasteiger partial charge in [-0.2, -0.15) is 0 Å². The highest BCUT2D eigenvalue weighted by atomic mass is 14.2. The highest BCUT2D eigenvalue weighted by Crippen LogP contribution is 2.36. The van der Waals surface area contributed by atoms with Crippen molar-refractivity contribution in [2.75, 3.05) is 0 Å². The van der Waals surface area contributed by atoms with Crippen LogP contribution in [0.4, 0.5) is 0 Å². The minimum atomic E-state index is 1.27. The summed E-state index contributed by atoms with van der Waals surface area (Å²) in [6.07, 6.45) is 9.24. The largest absolute Gasteiger partial charge is 0.0772 e. The van der Waals surface area contributed by atoms with Gasteiger partial charge in [0.25, 0.3) is 0 Å². The summed E-state index contributed by atoms with van der Waals surface area (Å²) in [6.45, 7) is 6.26. The summed E-state index contributed by atoms with van der Waals surface area (Å²) >= 11 is 0. The molecule has 0 heterocycles. The summed E-state index contributed by atoms with van der Waals surface area (Å²) in [5.41, 5.74) is 5.00. The predicted octanol–water partition coefficient (Wildman–Crippen LogP) is 4.23. The standard InChI is InChI=1S/C10H14.C2H6/c1-8-6-7-9-4-2-3-5-10(8)9;1-2/h6H,2-5,7H2,1H3;1-2H3. The Morgan fingerprint density at radius 2 is 1.75 bits per heavy atom. The Labute approximate surface area is 76.4 Å². The normalized spacial score (nSPS) is 21.1. The summed E-state index contributed by atoms with van der Waals surface area (Å²) in [7, 11) is 0. The van der Waals surface area contributed by atoms with E-state index in [-0.39, 0.29) is 0 Å². The van der Waals surface area contributed by atoms with Gasteiger partial charge in [0, 0.05) is 0 Å². The summed E-state index contributed by atoms with van der Waals surface area (Å²) in [6, 6.07) is 0. The maximum absolute atomic E-state index is 2.38. The molecule has 0 radical (unpaired) electrons. The Morgan fingerprint density at radius 3 is 2.42 bits per heavy atom. The van der Waals surface area contributed by atoms with Crippen LogP contribution in [-0.2, 0) is 0 Å². The predicted molar refractivity (Wildman–Crippen MR) is 55.2 cm³/mol. The molecule has 2 rings (SSSR count). The van der Waals surface area contributed by atoms with E-state index in [0.717, 1.165) is 0 Å². The van der Waals surface area contributed by atoms with E-state index in [4.69, 9.17) is 0 Å². The van der Waals surface area contributed by atoms with E-state index >= 15 is 0 Å². The topological polar surface area (TPSA) is 0 Å². The molecular weight excluding hydrogens is 144 g/mol.